The molecule has 0 aromatic heterocycles. The first kappa shape index (κ1) is 16.1. The van der Waals surface area contributed by atoms with Crippen LogP contribution in [0.1, 0.15) is 53.6 Å². The molecular weight excluding hydrogens is 282 g/mol. The van der Waals surface area contributed by atoms with Crippen LogP contribution in [0, 0.1) is 6.92 Å². The number of nitrogens with one attached hydrogen (secondary N) is 1. The SMILES string of the molecule is COc1ccc(C)cc1CNC(C)c1ccc2c(c1)CCCC2. The Morgan fingerprint density at radius 3 is 2.61 bits per heavy atom. The minimum atomic E-state index is 0.340. The Bertz CT molecular complexity index is 678. The van der Waals surface area contributed by atoms with Crippen molar-refractivity contribution in [1.29, 1.82) is 0 Å². The van der Waals surface area contributed by atoms with E-state index >= 15 is 0 Å². The number of hydrogen-bond acceptors (Lipinski definition) is 2. The summed E-state index contributed by atoms with van der Waals surface area (Å²) in [6.45, 7) is 5.19. The van der Waals surface area contributed by atoms with Gasteiger partial charge in [-0.15, -0.1) is 0 Å². The molecule has 0 spiro atoms. The molecule has 1 unspecified atom stereocenters. The molecule has 1 atom stereocenters. The van der Waals surface area contributed by atoms with E-state index in [1.807, 2.05) is 0 Å². The van der Waals surface area contributed by atoms with Crippen LogP contribution >= 0.6 is 0 Å². The molecule has 2 aromatic rings. The van der Waals surface area contributed by atoms with Crippen molar-refractivity contribution in [2.24, 2.45) is 0 Å². The summed E-state index contributed by atoms with van der Waals surface area (Å²) in [7, 11) is 1.74. The van der Waals surface area contributed by atoms with Crippen LogP contribution in [0.5, 0.6) is 5.75 Å². The maximum Gasteiger partial charge on any atom is 0.123 e. The van der Waals surface area contributed by atoms with E-state index in [2.05, 4.69) is 55.6 Å². The molecule has 122 valence electrons. The molecule has 0 bridgehead atoms. The molecule has 2 aromatic carbocycles. The molecule has 0 saturated heterocycles. The first-order chi connectivity index (χ1) is 11.2. The lowest BCUT2D eigenvalue weighted by molar-refractivity contribution is 0.406. The van der Waals surface area contributed by atoms with Crippen molar-refractivity contribution in [3.05, 3.63) is 64.2 Å². The van der Waals surface area contributed by atoms with Gasteiger partial charge in [0.1, 0.15) is 5.75 Å². The molecule has 1 aliphatic rings. The summed E-state index contributed by atoms with van der Waals surface area (Å²) in [4.78, 5) is 0. The maximum atomic E-state index is 5.47. The van der Waals surface area contributed by atoms with Crippen molar-refractivity contribution in [2.45, 2.75) is 52.1 Å². The highest BCUT2D eigenvalue weighted by Crippen LogP contribution is 2.25. The van der Waals surface area contributed by atoms with Crippen LogP contribution in [-0.2, 0) is 19.4 Å². The van der Waals surface area contributed by atoms with Gasteiger partial charge in [-0.25, -0.2) is 0 Å². The number of ether oxygens (including phenoxy) is 1. The topological polar surface area (TPSA) is 21.3 Å². The lowest BCUT2D eigenvalue weighted by atomic mass is 9.89. The van der Waals surface area contributed by atoms with Crippen LogP contribution in [0.2, 0.25) is 0 Å². The molecule has 2 heteroatoms. The Labute approximate surface area is 139 Å². The van der Waals surface area contributed by atoms with Crippen LogP contribution in [0.15, 0.2) is 36.4 Å². The summed E-state index contributed by atoms with van der Waals surface area (Å²) in [6.07, 6.45) is 5.16. The third-order valence-electron chi connectivity index (χ3n) is 4.91. The molecule has 0 saturated carbocycles. The molecular formula is C21H27NO. The first-order valence-electron chi connectivity index (χ1n) is 8.66. The third kappa shape index (κ3) is 3.76. The van der Waals surface area contributed by atoms with Gasteiger partial charge in [0.05, 0.1) is 7.11 Å². The van der Waals surface area contributed by atoms with Crippen LogP contribution < -0.4 is 10.1 Å². The summed E-state index contributed by atoms with van der Waals surface area (Å²) in [5.41, 5.74) is 6.97. The number of hydrogen-bond donors (Lipinski definition) is 1. The zero-order chi connectivity index (χ0) is 16.2. The average Bonchev–Trinajstić information content (AvgIpc) is 2.59. The van der Waals surface area contributed by atoms with Crippen LogP contribution in [0.3, 0.4) is 0 Å². The number of aryl methyl sites for hydroxylation is 3. The second kappa shape index (κ2) is 7.18. The molecule has 0 aliphatic heterocycles. The van der Waals surface area contributed by atoms with Gasteiger partial charge in [0.25, 0.3) is 0 Å². The average molecular weight is 309 g/mol. The second-order valence-corrected chi connectivity index (χ2v) is 6.65. The standard InChI is InChI=1S/C21H27NO/c1-15-8-11-21(23-3)20(12-15)14-22-16(2)18-10-9-17-6-4-5-7-19(17)13-18/h8-13,16,22H,4-7,14H2,1-3H3. The minimum Gasteiger partial charge on any atom is -0.496 e. The predicted octanol–water partition coefficient (Wildman–Crippen LogP) is 4.73. The first-order valence-corrected chi connectivity index (χ1v) is 8.66. The van der Waals surface area contributed by atoms with E-state index in [0.29, 0.717) is 6.04 Å². The fourth-order valence-electron chi connectivity index (χ4n) is 3.45. The molecule has 0 amide bonds. The Hall–Kier alpha value is -1.80. The maximum absolute atomic E-state index is 5.47. The fraction of sp³-hybridized carbons (Fsp3) is 0.429. The quantitative estimate of drug-likeness (QED) is 0.862. The van der Waals surface area contributed by atoms with Gasteiger partial charge in [-0.2, -0.15) is 0 Å². The lowest BCUT2D eigenvalue weighted by Crippen LogP contribution is -2.19. The van der Waals surface area contributed by atoms with E-state index < -0.39 is 0 Å². The van der Waals surface area contributed by atoms with E-state index in [4.69, 9.17) is 4.74 Å². The zero-order valence-corrected chi connectivity index (χ0v) is 14.5. The highest BCUT2D eigenvalue weighted by molar-refractivity contribution is 5.38. The highest BCUT2D eigenvalue weighted by Gasteiger charge is 2.13. The van der Waals surface area contributed by atoms with E-state index in [0.717, 1.165) is 12.3 Å². The van der Waals surface area contributed by atoms with E-state index in [1.165, 1.54) is 42.4 Å². The van der Waals surface area contributed by atoms with Gasteiger partial charge in [0.15, 0.2) is 0 Å². The molecule has 0 fully saturated rings. The lowest BCUT2D eigenvalue weighted by Gasteiger charge is -2.20. The van der Waals surface area contributed by atoms with Gasteiger partial charge < -0.3 is 10.1 Å². The number of methoxy groups -OCH3 is 1. The predicted molar refractivity (Wildman–Crippen MR) is 96.1 cm³/mol. The van der Waals surface area contributed by atoms with Crippen molar-refractivity contribution in [3.63, 3.8) is 0 Å². The van der Waals surface area contributed by atoms with Gasteiger partial charge in [0.2, 0.25) is 0 Å². The van der Waals surface area contributed by atoms with E-state index in [-0.39, 0.29) is 0 Å². The summed E-state index contributed by atoms with van der Waals surface area (Å²) >= 11 is 0. The van der Waals surface area contributed by atoms with Crippen molar-refractivity contribution in [1.82, 2.24) is 5.32 Å². The summed E-state index contributed by atoms with van der Waals surface area (Å²) in [6, 6.07) is 13.7. The molecule has 1 aliphatic carbocycles. The third-order valence-corrected chi connectivity index (χ3v) is 4.91. The Morgan fingerprint density at radius 2 is 1.83 bits per heavy atom. The van der Waals surface area contributed by atoms with E-state index in [9.17, 15) is 0 Å². The smallest absolute Gasteiger partial charge is 0.123 e. The minimum absolute atomic E-state index is 0.340. The number of benzene rings is 2. The molecule has 0 heterocycles. The van der Waals surface area contributed by atoms with Crippen LogP contribution in [-0.4, -0.2) is 7.11 Å². The Balaban J connectivity index is 1.70. The van der Waals surface area contributed by atoms with Gasteiger partial charge in [0, 0.05) is 18.2 Å². The molecule has 2 nitrogen and oxygen atoms in total. The number of fused-ring (bicyclic) bond motifs is 1. The highest BCUT2D eigenvalue weighted by atomic mass is 16.5. The molecule has 0 radical (unpaired) electrons. The van der Waals surface area contributed by atoms with Crippen molar-refractivity contribution in [2.75, 3.05) is 7.11 Å². The largest absolute Gasteiger partial charge is 0.496 e. The number of rotatable bonds is 5. The van der Waals surface area contributed by atoms with Crippen LogP contribution in [0.4, 0.5) is 0 Å². The van der Waals surface area contributed by atoms with E-state index in [1.54, 1.807) is 18.2 Å². The van der Waals surface area contributed by atoms with Crippen molar-refractivity contribution >= 4 is 0 Å². The summed E-state index contributed by atoms with van der Waals surface area (Å²) < 4.78 is 5.47. The summed E-state index contributed by atoms with van der Waals surface area (Å²) in [5.74, 6) is 0.959. The Morgan fingerprint density at radius 1 is 1.04 bits per heavy atom. The molecule has 3 rings (SSSR count). The van der Waals surface area contributed by atoms with Gasteiger partial charge >= 0.3 is 0 Å². The normalized spacial score (nSPS) is 15.1. The molecule has 1 N–H and O–H groups in total. The van der Waals surface area contributed by atoms with Gasteiger partial charge in [-0.1, -0.05) is 35.9 Å². The fourth-order valence-corrected chi connectivity index (χ4v) is 3.45. The monoisotopic (exact) mass is 309 g/mol. The Kier molecular flexibility index (Phi) is 5.02. The van der Waals surface area contributed by atoms with Crippen molar-refractivity contribution in [3.8, 4) is 5.75 Å². The molecule has 23 heavy (non-hydrogen) atoms. The van der Waals surface area contributed by atoms with Gasteiger partial charge in [-0.05, 0) is 62.3 Å². The van der Waals surface area contributed by atoms with Crippen molar-refractivity contribution < 1.29 is 4.74 Å². The van der Waals surface area contributed by atoms with Gasteiger partial charge in [-0.3, -0.25) is 0 Å². The second-order valence-electron chi connectivity index (χ2n) is 6.65. The summed E-state index contributed by atoms with van der Waals surface area (Å²) in [5, 5.41) is 3.64. The van der Waals surface area contributed by atoms with Crippen LogP contribution in [0.25, 0.3) is 0 Å². The zero-order valence-electron chi connectivity index (χ0n) is 14.5.